The average Bonchev–Trinajstić information content (AvgIpc) is 3.50. The Bertz CT molecular complexity index is 1190. The lowest BCUT2D eigenvalue weighted by Gasteiger charge is -2.15. The van der Waals surface area contributed by atoms with Gasteiger partial charge in [0.05, 0.1) is 25.5 Å². The van der Waals surface area contributed by atoms with Gasteiger partial charge >= 0.3 is 6.03 Å². The van der Waals surface area contributed by atoms with Crippen molar-refractivity contribution in [2.75, 3.05) is 24.8 Å². The lowest BCUT2D eigenvalue weighted by molar-refractivity contribution is -0.117. The molecule has 1 aromatic heterocycles. The van der Waals surface area contributed by atoms with Gasteiger partial charge in [-0.05, 0) is 74.2 Å². The Kier molecular flexibility index (Phi) is 8.04. The number of thioether (sulfide) groups is 1. The minimum atomic E-state index is -0.571. The van der Waals surface area contributed by atoms with E-state index in [0.29, 0.717) is 23.2 Å². The molecule has 0 bridgehead atoms. The molecular weight excluding hydrogens is 466 g/mol. The number of anilines is 1. The molecule has 35 heavy (non-hydrogen) atoms. The quantitative estimate of drug-likeness (QED) is 0.451. The highest BCUT2D eigenvalue weighted by Crippen LogP contribution is 2.27. The second-order valence-electron chi connectivity index (χ2n) is 8.37. The number of benzene rings is 2. The summed E-state index contributed by atoms with van der Waals surface area (Å²) in [5.41, 5.74) is 3.71. The molecule has 0 aliphatic carbocycles. The Balaban J connectivity index is 1.41. The third-order valence-electron chi connectivity index (χ3n) is 5.83. The van der Waals surface area contributed by atoms with E-state index in [1.807, 2.05) is 54.8 Å². The highest BCUT2D eigenvalue weighted by atomic mass is 32.2. The summed E-state index contributed by atoms with van der Waals surface area (Å²) in [6, 6.07) is 12.6. The normalized spacial score (nSPS) is 15.1. The van der Waals surface area contributed by atoms with Crippen molar-refractivity contribution in [3.63, 3.8) is 0 Å². The predicted molar refractivity (Wildman–Crippen MR) is 135 cm³/mol. The van der Waals surface area contributed by atoms with Gasteiger partial charge in [-0.25, -0.2) is 4.79 Å². The number of carbonyl (C=O) groups is 2. The standard InChI is InChI=1S/C25H29N5O4S/c1-16-6-9-19(13-17(16)2)26-24(32)27-22(31)15-35-25-29-28-23(18-7-10-20(33-3)11-8-18)30(25)14-21-5-4-12-34-21/h6-11,13,21H,4-5,12,14-15H2,1-3H3,(H2,26,27,31,32). The number of nitrogens with zero attached hydrogens (tertiary/aromatic N) is 3. The van der Waals surface area contributed by atoms with E-state index in [0.717, 1.165) is 41.9 Å². The molecule has 10 heteroatoms. The molecule has 2 N–H and O–H groups in total. The van der Waals surface area contributed by atoms with Crippen LogP contribution in [0, 0.1) is 13.8 Å². The lowest BCUT2D eigenvalue weighted by Crippen LogP contribution is -2.35. The van der Waals surface area contributed by atoms with Gasteiger partial charge < -0.3 is 14.8 Å². The van der Waals surface area contributed by atoms with E-state index in [1.165, 1.54) is 11.8 Å². The number of hydrogen-bond acceptors (Lipinski definition) is 7. The van der Waals surface area contributed by atoms with E-state index in [-0.39, 0.29) is 11.9 Å². The fourth-order valence-electron chi connectivity index (χ4n) is 3.78. The Labute approximate surface area is 208 Å². The molecule has 1 atom stereocenters. The third kappa shape index (κ3) is 6.40. The maximum absolute atomic E-state index is 12.5. The summed E-state index contributed by atoms with van der Waals surface area (Å²) in [4.78, 5) is 24.7. The van der Waals surface area contributed by atoms with Crippen molar-refractivity contribution < 1.29 is 19.1 Å². The molecule has 1 unspecified atom stereocenters. The number of amides is 3. The van der Waals surface area contributed by atoms with Gasteiger partial charge in [-0.3, -0.25) is 14.7 Å². The SMILES string of the molecule is COc1ccc(-c2nnc(SCC(=O)NC(=O)Nc3ccc(C)c(C)c3)n2CC2CCCO2)cc1. The smallest absolute Gasteiger partial charge is 0.325 e. The van der Waals surface area contributed by atoms with Crippen LogP contribution in [0.5, 0.6) is 5.75 Å². The van der Waals surface area contributed by atoms with E-state index in [4.69, 9.17) is 9.47 Å². The zero-order chi connectivity index (χ0) is 24.8. The van der Waals surface area contributed by atoms with Gasteiger partial charge in [-0.1, -0.05) is 17.8 Å². The Morgan fingerprint density at radius 2 is 1.94 bits per heavy atom. The Morgan fingerprint density at radius 1 is 1.14 bits per heavy atom. The number of methoxy groups -OCH3 is 1. The molecule has 1 aliphatic rings. The van der Waals surface area contributed by atoms with Gasteiger partial charge in [0.2, 0.25) is 5.91 Å². The Hall–Kier alpha value is -3.37. The fourth-order valence-corrected chi connectivity index (χ4v) is 4.53. The summed E-state index contributed by atoms with van der Waals surface area (Å²) in [7, 11) is 1.62. The van der Waals surface area contributed by atoms with Crippen LogP contribution in [0.25, 0.3) is 11.4 Å². The first-order chi connectivity index (χ1) is 16.9. The van der Waals surface area contributed by atoms with Gasteiger partial charge in [-0.15, -0.1) is 10.2 Å². The van der Waals surface area contributed by atoms with Crippen LogP contribution in [-0.2, 0) is 16.1 Å². The third-order valence-corrected chi connectivity index (χ3v) is 6.79. The number of aromatic nitrogens is 3. The van der Waals surface area contributed by atoms with Gasteiger partial charge in [0.25, 0.3) is 0 Å². The van der Waals surface area contributed by atoms with Crippen LogP contribution >= 0.6 is 11.8 Å². The zero-order valence-corrected chi connectivity index (χ0v) is 20.9. The van der Waals surface area contributed by atoms with E-state index in [1.54, 1.807) is 13.2 Å². The van der Waals surface area contributed by atoms with Crippen molar-refractivity contribution in [3.8, 4) is 17.1 Å². The van der Waals surface area contributed by atoms with Crippen LogP contribution in [0.1, 0.15) is 24.0 Å². The largest absolute Gasteiger partial charge is 0.497 e. The molecule has 9 nitrogen and oxygen atoms in total. The summed E-state index contributed by atoms with van der Waals surface area (Å²) >= 11 is 1.23. The minimum Gasteiger partial charge on any atom is -0.497 e. The molecule has 1 fully saturated rings. The van der Waals surface area contributed by atoms with E-state index in [9.17, 15) is 9.59 Å². The molecule has 1 aliphatic heterocycles. The van der Waals surface area contributed by atoms with Gasteiger partial charge in [0.15, 0.2) is 11.0 Å². The molecule has 0 radical (unpaired) electrons. The molecule has 0 spiro atoms. The van der Waals surface area contributed by atoms with Gasteiger partial charge in [-0.2, -0.15) is 0 Å². The highest BCUT2D eigenvalue weighted by molar-refractivity contribution is 7.99. The van der Waals surface area contributed by atoms with E-state index >= 15 is 0 Å². The van der Waals surface area contributed by atoms with Crippen molar-refractivity contribution >= 4 is 29.4 Å². The number of hydrogen-bond donors (Lipinski definition) is 2. The summed E-state index contributed by atoms with van der Waals surface area (Å²) in [6.45, 7) is 5.29. The molecule has 0 saturated carbocycles. The number of aryl methyl sites for hydroxylation is 2. The van der Waals surface area contributed by atoms with Crippen molar-refractivity contribution in [2.45, 2.75) is 44.5 Å². The minimum absolute atomic E-state index is 0.0205. The van der Waals surface area contributed by atoms with Crippen LogP contribution < -0.4 is 15.4 Å². The van der Waals surface area contributed by atoms with Crippen molar-refractivity contribution in [1.82, 2.24) is 20.1 Å². The molecule has 184 valence electrons. The van der Waals surface area contributed by atoms with Gasteiger partial charge in [0, 0.05) is 17.9 Å². The average molecular weight is 496 g/mol. The molecule has 3 amide bonds. The second kappa shape index (κ2) is 11.4. The lowest BCUT2D eigenvalue weighted by atomic mass is 10.1. The first-order valence-electron chi connectivity index (χ1n) is 11.4. The summed E-state index contributed by atoms with van der Waals surface area (Å²) in [5, 5.41) is 14.4. The summed E-state index contributed by atoms with van der Waals surface area (Å²) in [6.07, 6.45) is 2.05. The second-order valence-corrected chi connectivity index (χ2v) is 9.31. The van der Waals surface area contributed by atoms with Crippen molar-refractivity contribution in [1.29, 1.82) is 0 Å². The maximum Gasteiger partial charge on any atom is 0.325 e. The zero-order valence-electron chi connectivity index (χ0n) is 20.0. The first-order valence-corrected chi connectivity index (χ1v) is 12.4. The van der Waals surface area contributed by atoms with E-state index in [2.05, 4.69) is 20.8 Å². The van der Waals surface area contributed by atoms with Crippen LogP contribution in [0.4, 0.5) is 10.5 Å². The number of ether oxygens (including phenoxy) is 2. The summed E-state index contributed by atoms with van der Waals surface area (Å²) < 4.78 is 13.0. The van der Waals surface area contributed by atoms with Crippen molar-refractivity contribution in [3.05, 3.63) is 53.6 Å². The summed E-state index contributed by atoms with van der Waals surface area (Å²) in [5.74, 6) is 1.05. The Morgan fingerprint density at radius 3 is 2.63 bits per heavy atom. The predicted octanol–water partition coefficient (Wildman–Crippen LogP) is 4.19. The molecule has 2 heterocycles. The van der Waals surface area contributed by atoms with Crippen LogP contribution in [0.15, 0.2) is 47.6 Å². The number of nitrogens with one attached hydrogen (secondary N) is 2. The molecule has 3 aromatic rings. The van der Waals surface area contributed by atoms with E-state index < -0.39 is 11.9 Å². The maximum atomic E-state index is 12.5. The number of imide groups is 1. The van der Waals surface area contributed by atoms with Gasteiger partial charge in [0.1, 0.15) is 5.75 Å². The highest BCUT2D eigenvalue weighted by Gasteiger charge is 2.22. The number of carbonyl (C=O) groups excluding carboxylic acids is 2. The van der Waals surface area contributed by atoms with Crippen LogP contribution in [0.2, 0.25) is 0 Å². The fraction of sp³-hybridized carbons (Fsp3) is 0.360. The topological polar surface area (TPSA) is 107 Å². The molecule has 4 rings (SSSR count). The molecular formula is C25H29N5O4S. The van der Waals surface area contributed by atoms with Crippen LogP contribution in [-0.4, -0.2) is 52.3 Å². The monoisotopic (exact) mass is 495 g/mol. The molecule has 2 aromatic carbocycles. The number of rotatable bonds is 8. The number of urea groups is 1. The van der Waals surface area contributed by atoms with Crippen molar-refractivity contribution in [2.24, 2.45) is 0 Å². The molecule has 1 saturated heterocycles. The van der Waals surface area contributed by atoms with Crippen LogP contribution in [0.3, 0.4) is 0 Å². The first kappa shape index (κ1) is 24.7.